The van der Waals surface area contributed by atoms with Gasteiger partial charge in [-0.3, -0.25) is 4.79 Å². The highest BCUT2D eigenvalue weighted by Crippen LogP contribution is 2.01. The number of H-pyrrole nitrogens is 1. The summed E-state index contributed by atoms with van der Waals surface area (Å²) < 4.78 is 12.5. The van der Waals surface area contributed by atoms with Gasteiger partial charge in [0.05, 0.1) is 5.69 Å². The molecule has 0 aliphatic heterocycles. The molecule has 3 nitrogen and oxygen atoms in total. The van der Waals surface area contributed by atoms with Crippen molar-refractivity contribution in [1.82, 2.24) is 4.98 Å². The lowest BCUT2D eigenvalue weighted by atomic mass is 10.3. The van der Waals surface area contributed by atoms with E-state index in [9.17, 15) is 9.18 Å². The first kappa shape index (κ1) is 10.7. The molecule has 2 N–H and O–H groups in total. The number of hydrogen-bond acceptors (Lipinski definition) is 2. The van der Waals surface area contributed by atoms with Crippen LogP contribution in [0, 0.1) is 12.7 Å². The van der Waals surface area contributed by atoms with Crippen LogP contribution in [0.15, 0.2) is 11.0 Å². The van der Waals surface area contributed by atoms with E-state index >= 15 is 0 Å². The highest BCUT2D eigenvalue weighted by Gasteiger charge is 2.05. The molecule has 0 unspecified atom stereocenters. The predicted octanol–water partition coefficient (Wildman–Crippen LogP) is 1.55. The van der Waals surface area contributed by atoms with Crippen LogP contribution in [0.4, 0.5) is 4.39 Å². The average Bonchev–Trinajstić information content (AvgIpc) is 2.12. The molecule has 1 aromatic rings. The highest BCUT2D eigenvalue weighted by molar-refractivity contribution is 5.19. The van der Waals surface area contributed by atoms with Crippen LogP contribution in [0.5, 0.6) is 5.75 Å². The lowest BCUT2D eigenvalue weighted by Crippen LogP contribution is -2.08. The van der Waals surface area contributed by atoms with Crippen molar-refractivity contribution in [2.24, 2.45) is 0 Å². The van der Waals surface area contributed by atoms with E-state index in [0.29, 0.717) is 0 Å². The van der Waals surface area contributed by atoms with Crippen LogP contribution >= 0.6 is 0 Å². The molecule has 0 amide bonds. The summed E-state index contributed by atoms with van der Waals surface area (Å²) in [6, 6.07) is 0. The van der Waals surface area contributed by atoms with Gasteiger partial charge in [0.15, 0.2) is 11.6 Å². The SMILES string of the molecule is CC.Cc1[nH]cc(O)c(=O)c1F. The third kappa shape index (κ3) is 2.08. The smallest absolute Gasteiger partial charge is 0.258 e. The number of aromatic hydroxyl groups is 1. The lowest BCUT2D eigenvalue weighted by Gasteiger charge is -1.94. The second kappa shape index (κ2) is 4.54. The van der Waals surface area contributed by atoms with Crippen molar-refractivity contribution in [1.29, 1.82) is 0 Å². The molecule has 0 saturated carbocycles. The highest BCUT2D eigenvalue weighted by atomic mass is 19.1. The first-order chi connectivity index (χ1) is 5.63. The first-order valence-corrected chi connectivity index (χ1v) is 3.69. The average molecular weight is 173 g/mol. The number of nitrogens with one attached hydrogen (secondary N) is 1. The van der Waals surface area contributed by atoms with E-state index < -0.39 is 17.0 Å². The minimum absolute atomic E-state index is 0.128. The van der Waals surface area contributed by atoms with Gasteiger partial charge < -0.3 is 10.1 Å². The van der Waals surface area contributed by atoms with E-state index in [0.717, 1.165) is 6.20 Å². The molecule has 4 heteroatoms. The fourth-order valence-corrected chi connectivity index (χ4v) is 0.588. The number of pyridine rings is 1. The van der Waals surface area contributed by atoms with Gasteiger partial charge in [-0.15, -0.1) is 0 Å². The van der Waals surface area contributed by atoms with Gasteiger partial charge in [0.2, 0.25) is 0 Å². The van der Waals surface area contributed by atoms with E-state index in [4.69, 9.17) is 5.11 Å². The third-order valence-electron chi connectivity index (χ3n) is 1.19. The summed E-state index contributed by atoms with van der Waals surface area (Å²) in [5.41, 5.74) is -0.834. The molecule has 1 rings (SSSR count). The molecular formula is C8H12FNO2. The number of aromatic nitrogens is 1. The van der Waals surface area contributed by atoms with Gasteiger partial charge in [0.1, 0.15) is 0 Å². The summed E-state index contributed by atoms with van der Waals surface area (Å²) in [6.07, 6.45) is 1.06. The van der Waals surface area contributed by atoms with Crippen molar-refractivity contribution in [3.8, 4) is 5.75 Å². The predicted molar refractivity (Wildman–Crippen MR) is 44.8 cm³/mol. The van der Waals surface area contributed by atoms with Gasteiger partial charge in [0.25, 0.3) is 5.43 Å². The molecular weight excluding hydrogens is 161 g/mol. The minimum atomic E-state index is -0.962. The lowest BCUT2D eigenvalue weighted by molar-refractivity contribution is 0.456. The molecule has 12 heavy (non-hydrogen) atoms. The fourth-order valence-electron chi connectivity index (χ4n) is 0.588. The standard InChI is InChI=1S/C6H6FNO2.C2H6/c1-3-5(7)6(10)4(9)2-8-3;1-2/h2,9H,1H3,(H,8,10);1-2H3. The summed E-state index contributed by atoms with van der Waals surface area (Å²) in [5.74, 6) is -1.52. The molecule has 0 spiro atoms. The normalized spacial score (nSPS) is 8.67. The van der Waals surface area contributed by atoms with Crippen molar-refractivity contribution in [3.05, 3.63) is 27.9 Å². The van der Waals surface area contributed by atoms with Gasteiger partial charge in [0, 0.05) is 6.20 Å². The van der Waals surface area contributed by atoms with E-state index in [-0.39, 0.29) is 5.69 Å². The Morgan fingerprint density at radius 3 is 2.42 bits per heavy atom. The van der Waals surface area contributed by atoms with Crippen molar-refractivity contribution < 1.29 is 9.50 Å². The topological polar surface area (TPSA) is 53.1 Å². The number of rotatable bonds is 0. The van der Waals surface area contributed by atoms with E-state index in [1.807, 2.05) is 13.8 Å². The van der Waals surface area contributed by atoms with Gasteiger partial charge >= 0.3 is 0 Å². The molecule has 0 fully saturated rings. The van der Waals surface area contributed by atoms with Crippen LogP contribution in [0.1, 0.15) is 19.5 Å². The fraction of sp³-hybridized carbons (Fsp3) is 0.375. The van der Waals surface area contributed by atoms with Gasteiger partial charge in [-0.1, -0.05) is 13.8 Å². The Balaban J connectivity index is 0.000000561. The Labute approximate surface area is 69.9 Å². The summed E-state index contributed by atoms with van der Waals surface area (Å²) in [6.45, 7) is 5.41. The van der Waals surface area contributed by atoms with Crippen molar-refractivity contribution >= 4 is 0 Å². The van der Waals surface area contributed by atoms with Crippen LogP contribution in [0.3, 0.4) is 0 Å². The Bertz CT molecular complexity index is 306. The molecule has 0 bridgehead atoms. The summed E-state index contributed by atoms with van der Waals surface area (Å²) >= 11 is 0. The van der Waals surface area contributed by atoms with Crippen molar-refractivity contribution in [3.63, 3.8) is 0 Å². The first-order valence-electron chi connectivity index (χ1n) is 3.69. The zero-order valence-electron chi connectivity index (χ0n) is 7.31. The maximum atomic E-state index is 12.5. The van der Waals surface area contributed by atoms with Gasteiger partial charge in [-0.05, 0) is 6.92 Å². The monoisotopic (exact) mass is 173 g/mol. The van der Waals surface area contributed by atoms with E-state index in [2.05, 4.69) is 4.98 Å². The molecule has 0 atom stereocenters. The number of hydrogen-bond donors (Lipinski definition) is 2. The second-order valence-electron chi connectivity index (χ2n) is 1.94. The number of halogens is 1. The number of aromatic amines is 1. The minimum Gasteiger partial charge on any atom is -0.503 e. The number of aryl methyl sites for hydroxylation is 1. The van der Waals surface area contributed by atoms with Crippen molar-refractivity contribution in [2.45, 2.75) is 20.8 Å². The van der Waals surface area contributed by atoms with Crippen LogP contribution in [0.2, 0.25) is 0 Å². The quantitative estimate of drug-likeness (QED) is 0.625. The summed E-state index contributed by atoms with van der Waals surface area (Å²) in [4.78, 5) is 12.9. The third-order valence-corrected chi connectivity index (χ3v) is 1.19. The van der Waals surface area contributed by atoms with E-state index in [1.165, 1.54) is 6.92 Å². The summed E-state index contributed by atoms with van der Waals surface area (Å²) in [5, 5.41) is 8.64. The van der Waals surface area contributed by atoms with Crippen LogP contribution in [-0.2, 0) is 0 Å². The maximum Gasteiger partial charge on any atom is 0.258 e. The van der Waals surface area contributed by atoms with Crippen LogP contribution in [-0.4, -0.2) is 10.1 Å². The molecule has 0 radical (unpaired) electrons. The zero-order valence-corrected chi connectivity index (χ0v) is 7.31. The van der Waals surface area contributed by atoms with Crippen molar-refractivity contribution in [2.75, 3.05) is 0 Å². The second-order valence-corrected chi connectivity index (χ2v) is 1.94. The summed E-state index contributed by atoms with van der Waals surface area (Å²) in [7, 11) is 0. The van der Waals surface area contributed by atoms with Crippen LogP contribution in [0.25, 0.3) is 0 Å². The van der Waals surface area contributed by atoms with Gasteiger partial charge in [-0.25, -0.2) is 4.39 Å². The molecule has 1 aromatic heterocycles. The Morgan fingerprint density at radius 1 is 1.50 bits per heavy atom. The maximum absolute atomic E-state index is 12.5. The Hall–Kier alpha value is -1.32. The van der Waals surface area contributed by atoms with Crippen LogP contribution < -0.4 is 5.43 Å². The largest absolute Gasteiger partial charge is 0.503 e. The molecule has 0 aromatic carbocycles. The Morgan fingerprint density at radius 2 is 2.00 bits per heavy atom. The zero-order chi connectivity index (χ0) is 9.72. The molecule has 68 valence electrons. The molecule has 0 aliphatic carbocycles. The molecule has 0 aliphatic rings. The van der Waals surface area contributed by atoms with E-state index in [1.54, 1.807) is 0 Å². The molecule has 1 heterocycles. The molecule has 0 saturated heterocycles. The Kier molecular flexibility index (Phi) is 4.04. The van der Waals surface area contributed by atoms with Gasteiger partial charge in [-0.2, -0.15) is 0 Å².